The van der Waals surface area contributed by atoms with E-state index in [2.05, 4.69) is 22.2 Å². The monoisotopic (exact) mass is 228 g/mol. The number of hydrogen-bond acceptors (Lipinski definition) is 3. The van der Waals surface area contributed by atoms with E-state index >= 15 is 0 Å². The minimum Gasteiger partial charge on any atom is -0.378 e. The quantitative estimate of drug-likeness (QED) is 0.322. The van der Waals surface area contributed by atoms with Gasteiger partial charge in [-0.25, -0.2) is 5.84 Å². The van der Waals surface area contributed by atoms with Gasteiger partial charge < -0.3 is 9.64 Å². The number of rotatable bonds is 4. The summed E-state index contributed by atoms with van der Waals surface area (Å²) in [6, 6.07) is 0. The highest BCUT2D eigenvalue weighted by Gasteiger charge is 2.21. The van der Waals surface area contributed by atoms with E-state index in [-0.39, 0.29) is 0 Å². The van der Waals surface area contributed by atoms with Gasteiger partial charge in [-0.2, -0.15) is 0 Å². The standard InChI is InChI=1S/C11H24N4O/c1-3-7-13-11(14-12)15-8-5-10(6-9-15)16-4-2/h10H,3-9,12H2,1-2H3,(H,13,14). The lowest BCUT2D eigenvalue weighted by Crippen LogP contribution is -2.49. The lowest BCUT2D eigenvalue weighted by molar-refractivity contribution is 0.0263. The van der Waals surface area contributed by atoms with E-state index in [9.17, 15) is 0 Å². The van der Waals surface area contributed by atoms with E-state index in [0.717, 1.165) is 51.5 Å². The predicted octanol–water partition coefficient (Wildman–Crippen LogP) is 0.717. The molecule has 1 heterocycles. The van der Waals surface area contributed by atoms with Gasteiger partial charge >= 0.3 is 0 Å². The molecule has 1 fully saturated rings. The van der Waals surface area contributed by atoms with Crippen LogP contribution in [0.3, 0.4) is 0 Å². The highest BCUT2D eigenvalue weighted by Crippen LogP contribution is 2.13. The van der Waals surface area contributed by atoms with Gasteiger partial charge in [-0.05, 0) is 26.2 Å². The van der Waals surface area contributed by atoms with Crippen LogP contribution in [0.4, 0.5) is 0 Å². The van der Waals surface area contributed by atoms with Crippen LogP contribution in [0.15, 0.2) is 4.99 Å². The number of aliphatic imine (C=N–C) groups is 1. The van der Waals surface area contributed by atoms with Crippen molar-refractivity contribution in [3.8, 4) is 0 Å². The zero-order valence-corrected chi connectivity index (χ0v) is 10.4. The third kappa shape index (κ3) is 3.98. The van der Waals surface area contributed by atoms with E-state index < -0.39 is 0 Å². The highest BCUT2D eigenvalue weighted by atomic mass is 16.5. The minimum absolute atomic E-state index is 0.409. The predicted molar refractivity (Wildman–Crippen MR) is 66.1 cm³/mol. The summed E-state index contributed by atoms with van der Waals surface area (Å²) in [7, 11) is 0. The maximum atomic E-state index is 5.61. The summed E-state index contributed by atoms with van der Waals surface area (Å²) in [4.78, 5) is 6.62. The first-order chi connectivity index (χ1) is 7.81. The van der Waals surface area contributed by atoms with Gasteiger partial charge in [0.25, 0.3) is 0 Å². The van der Waals surface area contributed by atoms with Gasteiger partial charge in [0.15, 0.2) is 0 Å². The van der Waals surface area contributed by atoms with Crippen LogP contribution < -0.4 is 11.3 Å². The van der Waals surface area contributed by atoms with Crippen molar-refractivity contribution in [2.45, 2.75) is 39.2 Å². The Morgan fingerprint density at radius 3 is 2.62 bits per heavy atom. The van der Waals surface area contributed by atoms with Crippen molar-refractivity contribution in [1.82, 2.24) is 10.3 Å². The van der Waals surface area contributed by atoms with Gasteiger partial charge in [0, 0.05) is 26.2 Å². The first-order valence-corrected chi connectivity index (χ1v) is 6.19. The van der Waals surface area contributed by atoms with Crippen molar-refractivity contribution in [3.63, 3.8) is 0 Å². The van der Waals surface area contributed by atoms with E-state index in [1.807, 2.05) is 6.92 Å². The molecule has 1 aliphatic heterocycles. The molecule has 0 atom stereocenters. The van der Waals surface area contributed by atoms with Crippen LogP contribution in [0.2, 0.25) is 0 Å². The number of ether oxygens (including phenoxy) is 1. The van der Waals surface area contributed by atoms with Crippen molar-refractivity contribution < 1.29 is 4.74 Å². The molecule has 1 aliphatic rings. The number of piperidine rings is 1. The number of nitrogens with two attached hydrogens (primary N) is 1. The van der Waals surface area contributed by atoms with Crippen LogP contribution in [0.25, 0.3) is 0 Å². The second-order valence-corrected chi connectivity index (χ2v) is 3.99. The molecule has 0 aliphatic carbocycles. The SMILES string of the molecule is CCCN=C(NN)N1CCC(OCC)CC1. The molecule has 5 heteroatoms. The number of nitrogens with one attached hydrogen (secondary N) is 1. The molecule has 0 aromatic rings. The van der Waals surface area contributed by atoms with E-state index in [4.69, 9.17) is 10.6 Å². The Labute approximate surface area is 98.0 Å². The van der Waals surface area contributed by atoms with E-state index in [0.29, 0.717) is 6.10 Å². The number of hydrazine groups is 1. The number of hydrogen-bond donors (Lipinski definition) is 2. The summed E-state index contributed by atoms with van der Waals surface area (Å²) in [5.41, 5.74) is 2.69. The third-order valence-electron chi connectivity index (χ3n) is 2.76. The summed E-state index contributed by atoms with van der Waals surface area (Å²) >= 11 is 0. The lowest BCUT2D eigenvalue weighted by atomic mass is 10.1. The van der Waals surface area contributed by atoms with Crippen LogP contribution in [0.1, 0.15) is 33.1 Å². The zero-order valence-electron chi connectivity index (χ0n) is 10.4. The molecule has 0 unspecified atom stereocenters. The summed E-state index contributed by atoms with van der Waals surface area (Å²) < 4.78 is 5.61. The molecule has 0 saturated carbocycles. The number of nitrogens with zero attached hydrogens (tertiary/aromatic N) is 2. The Morgan fingerprint density at radius 1 is 1.44 bits per heavy atom. The number of likely N-dealkylation sites (tertiary alicyclic amines) is 1. The van der Waals surface area contributed by atoms with Crippen LogP contribution >= 0.6 is 0 Å². The van der Waals surface area contributed by atoms with E-state index in [1.165, 1.54) is 0 Å². The average molecular weight is 228 g/mol. The van der Waals surface area contributed by atoms with E-state index in [1.54, 1.807) is 0 Å². The summed E-state index contributed by atoms with van der Waals surface area (Å²) in [5.74, 6) is 6.30. The van der Waals surface area contributed by atoms with Crippen LogP contribution in [0.5, 0.6) is 0 Å². The molecule has 0 bridgehead atoms. The topological polar surface area (TPSA) is 62.9 Å². The molecule has 0 amide bonds. The second-order valence-electron chi connectivity index (χ2n) is 3.99. The maximum Gasteiger partial charge on any atom is 0.208 e. The second kappa shape index (κ2) is 7.46. The molecule has 94 valence electrons. The average Bonchev–Trinajstić information content (AvgIpc) is 2.32. The Kier molecular flexibility index (Phi) is 6.18. The van der Waals surface area contributed by atoms with Gasteiger partial charge in [-0.3, -0.25) is 10.4 Å². The Bertz CT molecular complexity index is 212. The molecule has 1 rings (SSSR count). The smallest absolute Gasteiger partial charge is 0.208 e. The Morgan fingerprint density at radius 2 is 2.12 bits per heavy atom. The molecule has 0 spiro atoms. The molecule has 3 N–H and O–H groups in total. The fraction of sp³-hybridized carbons (Fsp3) is 0.909. The fourth-order valence-electron chi connectivity index (χ4n) is 1.92. The lowest BCUT2D eigenvalue weighted by Gasteiger charge is -2.33. The largest absolute Gasteiger partial charge is 0.378 e. The van der Waals surface area contributed by atoms with Gasteiger partial charge in [-0.1, -0.05) is 6.92 Å². The van der Waals surface area contributed by atoms with Gasteiger partial charge in [0.1, 0.15) is 0 Å². The molecule has 16 heavy (non-hydrogen) atoms. The molecule has 0 radical (unpaired) electrons. The van der Waals surface area contributed by atoms with Gasteiger partial charge in [0.05, 0.1) is 6.10 Å². The third-order valence-corrected chi connectivity index (χ3v) is 2.76. The summed E-state index contributed by atoms with van der Waals surface area (Å²) in [6.45, 7) is 7.72. The van der Waals surface area contributed by atoms with Crippen LogP contribution in [0, 0.1) is 0 Å². The Hall–Kier alpha value is -0.810. The van der Waals surface area contributed by atoms with Crippen molar-refractivity contribution in [1.29, 1.82) is 0 Å². The number of guanidine groups is 1. The van der Waals surface area contributed by atoms with Crippen LogP contribution in [-0.4, -0.2) is 43.2 Å². The zero-order chi connectivity index (χ0) is 11.8. The molecular formula is C11H24N4O. The van der Waals surface area contributed by atoms with Crippen molar-refractivity contribution in [2.24, 2.45) is 10.8 Å². The summed E-state index contributed by atoms with van der Waals surface area (Å²) in [5, 5.41) is 0. The molecule has 0 aromatic heterocycles. The van der Waals surface area contributed by atoms with Gasteiger partial charge in [0.2, 0.25) is 5.96 Å². The molecule has 0 aromatic carbocycles. The van der Waals surface area contributed by atoms with Crippen LogP contribution in [-0.2, 0) is 4.74 Å². The first kappa shape index (κ1) is 13.3. The molecule has 5 nitrogen and oxygen atoms in total. The van der Waals surface area contributed by atoms with Crippen molar-refractivity contribution in [3.05, 3.63) is 0 Å². The molecular weight excluding hydrogens is 204 g/mol. The highest BCUT2D eigenvalue weighted by molar-refractivity contribution is 5.79. The van der Waals surface area contributed by atoms with Gasteiger partial charge in [-0.15, -0.1) is 0 Å². The maximum absolute atomic E-state index is 5.61. The molecule has 1 saturated heterocycles. The normalized spacial score (nSPS) is 18.9. The first-order valence-electron chi connectivity index (χ1n) is 6.19. The fourth-order valence-corrected chi connectivity index (χ4v) is 1.92. The van der Waals surface area contributed by atoms with Crippen molar-refractivity contribution >= 4 is 5.96 Å². The summed E-state index contributed by atoms with van der Waals surface area (Å²) in [6.07, 6.45) is 3.56. The van der Waals surface area contributed by atoms with Crippen molar-refractivity contribution in [2.75, 3.05) is 26.2 Å². The Balaban J connectivity index is 2.38. The minimum atomic E-state index is 0.409.